The van der Waals surface area contributed by atoms with Gasteiger partial charge in [-0.2, -0.15) is 0 Å². The summed E-state index contributed by atoms with van der Waals surface area (Å²) in [7, 11) is 0. The molecule has 2 heterocycles. The Morgan fingerprint density at radius 1 is 1.08 bits per heavy atom. The van der Waals surface area contributed by atoms with Crippen molar-refractivity contribution in [3.63, 3.8) is 0 Å². The van der Waals surface area contributed by atoms with Crippen molar-refractivity contribution in [2.24, 2.45) is 0 Å². The number of aliphatic hydroxyl groups is 1. The summed E-state index contributed by atoms with van der Waals surface area (Å²) in [5.74, 6) is 1.13. The molecular formula is C20H18N4O2. The van der Waals surface area contributed by atoms with E-state index in [2.05, 4.69) is 15.4 Å². The molecule has 6 heteroatoms. The van der Waals surface area contributed by atoms with Crippen LogP contribution in [0.1, 0.15) is 28.8 Å². The van der Waals surface area contributed by atoms with Gasteiger partial charge in [-0.25, -0.2) is 0 Å². The molecule has 130 valence electrons. The van der Waals surface area contributed by atoms with Crippen molar-refractivity contribution in [1.29, 1.82) is 0 Å². The molecule has 4 aromatic rings. The van der Waals surface area contributed by atoms with Crippen LogP contribution in [-0.2, 0) is 6.54 Å². The maximum atomic E-state index is 10.6. The summed E-state index contributed by atoms with van der Waals surface area (Å²) in [6.45, 7) is 2.44. The Hall–Kier alpha value is -3.25. The summed E-state index contributed by atoms with van der Waals surface area (Å²) >= 11 is 0. The van der Waals surface area contributed by atoms with Crippen LogP contribution in [0, 0.1) is 6.92 Å². The van der Waals surface area contributed by atoms with Gasteiger partial charge in [0.1, 0.15) is 18.1 Å². The lowest BCUT2D eigenvalue weighted by Crippen LogP contribution is -2.10. The second-order valence-corrected chi connectivity index (χ2v) is 6.17. The Balaban J connectivity index is 1.56. The highest BCUT2D eigenvalue weighted by atomic mass is 16.5. The monoisotopic (exact) mass is 346 g/mol. The number of hydrogen-bond acceptors (Lipinski definition) is 5. The highest BCUT2D eigenvalue weighted by Gasteiger charge is 2.18. The van der Waals surface area contributed by atoms with E-state index in [1.54, 1.807) is 10.9 Å². The Bertz CT molecular complexity index is 990. The molecule has 0 aliphatic rings. The number of aliphatic hydroxyl groups excluding tert-OH is 1. The van der Waals surface area contributed by atoms with Crippen molar-refractivity contribution in [1.82, 2.24) is 19.9 Å². The van der Waals surface area contributed by atoms with Crippen molar-refractivity contribution in [3.8, 4) is 11.3 Å². The van der Waals surface area contributed by atoms with Crippen molar-refractivity contribution in [3.05, 3.63) is 89.7 Å². The average Bonchev–Trinajstić information content (AvgIpc) is 3.33. The highest BCUT2D eigenvalue weighted by molar-refractivity contribution is 5.59. The van der Waals surface area contributed by atoms with Crippen LogP contribution in [0.15, 0.2) is 71.5 Å². The molecule has 26 heavy (non-hydrogen) atoms. The third kappa shape index (κ3) is 3.27. The summed E-state index contributed by atoms with van der Waals surface area (Å²) in [5.41, 5.74) is 3.73. The van der Waals surface area contributed by atoms with Crippen LogP contribution in [0.5, 0.6) is 0 Å². The molecule has 0 saturated heterocycles. The SMILES string of the molecule is Cc1ccc(-c2cc(Cn3cnnc3[C@@H](O)c3ccccc3)on2)cc1. The summed E-state index contributed by atoms with van der Waals surface area (Å²) in [4.78, 5) is 0. The third-order valence-electron chi connectivity index (χ3n) is 4.24. The summed E-state index contributed by atoms with van der Waals surface area (Å²) in [6.07, 6.45) is 0.730. The molecule has 0 amide bonds. The molecule has 4 rings (SSSR count). The average molecular weight is 346 g/mol. The molecule has 1 atom stereocenters. The largest absolute Gasteiger partial charge is 0.380 e. The van der Waals surface area contributed by atoms with Gasteiger partial charge in [0.25, 0.3) is 0 Å². The molecule has 0 fully saturated rings. The van der Waals surface area contributed by atoms with Crippen molar-refractivity contribution in [2.75, 3.05) is 0 Å². The molecule has 0 aliphatic carbocycles. The van der Waals surface area contributed by atoms with Crippen LogP contribution in [-0.4, -0.2) is 25.0 Å². The Kier molecular flexibility index (Phi) is 4.33. The summed E-state index contributed by atoms with van der Waals surface area (Å²) < 4.78 is 7.22. The molecule has 0 radical (unpaired) electrons. The highest BCUT2D eigenvalue weighted by Crippen LogP contribution is 2.23. The van der Waals surface area contributed by atoms with Crippen LogP contribution >= 0.6 is 0 Å². The van der Waals surface area contributed by atoms with Crippen molar-refractivity contribution >= 4 is 0 Å². The number of aromatic nitrogens is 4. The molecule has 0 bridgehead atoms. The van der Waals surface area contributed by atoms with Gasteiger partial charge in [-0.15, -0.1) is 10.2 Å². The van der Waals surface area contributed by atoms with Gasteiger partial charge in [-0.05, 0) is 12.5 Å². The van der Waals surface area contributed by atoms with E-state index < -0.39 is 6.10 Å². The van der Waals surface area contributed by atoms with Crippen LogP contribution in [0.25, 0.3) is 11.3 Å². The van der Waals surface area contributed by atoms with Crippen molar-refractivity contribution in [2.45, 2.75) is 19.6 Å². The molecule has 0 aliphatic heterocycles. The minimum Gasteiger partial charge on any atom is -0.380 e. The normalized spacial score (nSPS) is 12.2. The minimum atomic E-state index is -0.849. The predicted octanol–water partition coefficient (Wildman–Crippen LogP) is 3.37. The van der Waals surface area contributed by atoms with E-state index in [9.17, 15) is 5.11 Å². The first-order chi connectivity index (χ1) is 12.7. The van der Waals surface area contributed by atoms with Gasteiger partial charge in [-0.3, -0.25) is 0 Å². The maximum absolute atomic E-state index is 10.6. The van der Waals surface area contributed by atoms with Gasteiger partial charge in [0.05, 0.1) is 6.54 Å². The first-order valence-corrected chi connectivity index (χ1v) is 8.34. The van der Waals surface area contributed by atoms with E-state index in [0.29, 0.717) is 18.1 Å². The van der Waals surface area contributed by atoms with Crippen molar-refractivity contribution < 1.29 is 9.63 Å². The number of aryl methyl sites for hydroxylation is 1. The zero-order chi connectivity index (χ0) is 17.9. The van der Waals surface area contributed by atoms with Crippen LogP contribution in [0.2, 0.25) is 0 Å². The fourth-order valence-corrected chi connectivity index (χ4v) is 2.80. The second-order valence-electron chi connectivity index (χ2n) is 6.17. The Morgan fingerprint density at radius 3 is 2.62 bits per heavy atom. The lowest BCUT2D eigenvalue weighted by Gasteiger charge is -2.11. The standard InChI is InChI=1S/C20H18N4O2/c1-14-7-9-15(10-8-14)18-11-17(26-23-18)12-24-13-21-22-20(24)19(25)16-5-3-2-4-6-16/h2-11,13,19,25H,12H2,1H3/t19-/m0/s1. The first-order valence-electron chi connectivity index (χ1n) is 8.34. The van der Waals surface area contributed by atoms with Gasteiger partial charge in [0, 0.05) is 11.6 Å². The van der Waals surface area contributed by atoms with E-state index in [0.717, 1.165) is 16.8 Å². The predicted molar refractivity (Wildman–Crippen MR) is 96.3 cm³/mol. The lowest BCUT2D eigenvalue weighted by molar-refractivity contribution is 0.204. The first kappa shape index (κ1) is 16.2. The topological polar surface area (TPSA) is 77.0 Å². The molecule has 2 aromatic carbocycles. The van der Waals surface area contributed by atoms with E-state index in [4.69, 9.17) is 4.52 Å². The molecule has 1 N–H and O–H groups in total. The smallest absolute Gasteiger partial charge is 0.166 e. The fraction of sp³-hybridized carbons (Fsp3) is 0.150. The van der Waals surface area contributed by atoms with Gasteiger partial charge >= 0.3 is 0 Å². The number of rotatable bonds is 5. The van der Waals surface area contributed by atoms with E-state index >= 15 is 0 Å². The van der Waals surface area contributed by atoms with Crippen LogP contribution in [0.4, 0.5) is 0 Å². The van der Waals surface area contributed by atoms with E-state index in [1.165, 1.54) is 5.56 Å². The van der Waals surface area contributed by atoms with E-state index in [1.807, 2.05) is 67.6 Å². The fourth-order valence-electron chi connectivity index (χ4n) is 2.80. The molecule has 0 spiro atoms. The number of benzene rings is 2. The van der Waals surface area contributed by atoms with Gasteiger partial charge in [0.2, 0.25) is 0 Å². The molecular weight excluding hydrogens is 328 g/mol. The third-order valence-corrected chi connectivity index (χ3v) is 4.24. The van der Waals surface area contributed by atoms with Gasteiger partial charge < -0.3 is 14.2 Å². The summed E-state index contributed by atoms with van der Waals surface area (Å²) in [5, 5.41) is 22.7. The quantitative estimate of drug-likeness (QED) is 0.599. The number of hydrogen-bond donors (Lipinski definition) is 1. The zero-order valence-electron chi connectivity index (χ0n) is 14.3. The zero-order valence-corrected chi connectivity index (χ0v) is 14.3. The summed E-state index contributed by atoms with van der Waals surface area (Å²) in [6, 6.07) is 19.4. The molecule has 6 nitrogen and oxygen atoms in total. The maximum Gasteiger partial charge on any atom is 0.166 e. The second kappa shape index (κ2) is 6.93. The Labute approximate surface area is 150 Å². The van der Waals surface area contributed by atoms with Gasteiger partial charge in [0.15, 0.2) is 11.6 Å². The van der Waals surface area contributed by atoms with Crippen LogP contribution in [0.3, 0.4) is 0 Å². The number of nitrogens with zero attached hydrogens (tertiary/aromatic N) is 4. The van der Waals surface area contributed by atoms with Gasteiger partial charge in [-0.1, -0.05) is 65.3 Å². The lowest BCUT2D eigenvalue weighted by atomic mass is 10.1. The molecule has 0 saturated carbocycles. The van der Waals surface area contributed by atoms with Crippen LogP contribution < -0.4 is 0 Å². The molecule has 2 aromatic heterocycles. The Morgan fingerprint density at radius 2 is 1.85 bits per heavy atom. The molecule has 0 unspecified atom stereocenters. The minimum absolute atomic E-state index is 0.394. The van der Waals surface area contributed by atoms with E-state index in [-0.39, 0.29) is 0 Å².